The molecule has 46 heavy (non-hydrogen) atoms. The molecule has 1 aliphatic rings. The maximum Gasteiger partial charge on any atom is 0.337 e. The molecule has 0 bridgehead atoms. The van der Waals surface area contributed by atoms with E-state index in [4.69, 9.17) is 30.5 Å². The van der Waals surface area contributed by atoms with Crippen molar-refractivity contribution in [3.05, 3.63) is 112 Å². The van der Waals surface area contributed by atoms with E-state index in [0.29, 0.717) is 47.4 Å². The minimum atomic E-state index is -1.14. The average Bonchev–Trinajstić information content (AvgIpc) is 3.04. The van der Waals surface area contributed by atoms with E-state index in [1.54, 1.807) is 37.4 Å². The zero-order chi connectivity index (χ0) is 33.1. The van der Waals surface area contributed by atoms with E-state index in [1.807, 2.05) is 49.4 Å². The van der Waals surface area contributed by atoms with E-state index in [-0.39, 0.29) is 12.2 Å². The number of aliphatic hydroxyl groups is 1. The van der Waals surface area contributed by atoms with Crippen LogP contribution in [0.5, 0.6) is 17.2 Å². The number of ether oxygens (including phenoxy) is 4. The molecular weight excluding hydrogens is 612 g/mol. The van der Waals surface area contributed by atoms with Crippen molar-refractivity contribution in [1.29, 1.82) is 0 Å². The summed E-state index contributed by atoms with van der Waals surface area (Å²) in [4.78, 5) is 24.6. The normalized spacial score (nSPS) is 15.1. The van der Waals surface area contributed by atoms with Gasteiger partial charge in [-0.3, -0.25) is 5.43 Å². The van der Waals surface area contributed by atoms with Gasteiger partial charge in [0.2, 0.25) is 0 Å². The molecule has 242 valence electrons. The molecule has 0 saturated carbocycles. The van der Waals surface area contributed by atoms with Crippen molar-refractivity contribution in [2.45, 2.75) is 39.1 Å². The van der Waals surface area contributed by atoms with Gasteiger partial charge in [0.05, 0.1) is 31.5 Å². The lowest BCUT2D eigenvalue weighted by Crippen LogP contribution is -2.45. The van der Waals surface area contributed by atoms with Gasteiger partial charge in [-0.05, 0) is 85.0 Å². The minimum Gasteiger partial charge on any atom is -0.490 e. The quantitative estimate of drug-likeness (QED) is 0.0582. The summed E-state index contributed by atoms with van der Waals surface area (Å²) in [6, 6.07) is 17.0. The summed E-state index contributed by atoms with van der Waals surface area (Å²) >= 11 is 5.97. The third-order valence-corrected chi connectivity index (χ3v) is 7.12. The first-order valence-electron chi connectivity index (χ1n) is 14.6. The highest BCUT2D eigenvalue weighted by molar-refractivity contribution is 6.30. The van der Waals surface area contributed by atoms with Gasteiger partial charge >= 0.3 is 12.0 Å². The SMILES string of the molecule is C=CCc1cc(/C=N\N[C@H](O)COc2ccc([C@H]3NC(=O)NC(C)=C3C(=O)OC)cc2OCC)ccc1OCc1ccc(Cl)cc1. The van der Waals surface area contributed by atoms with E-state index >= 15 is 0 Å². The van der Waals surface area contributed by atoms with Crippen LogP contribution >= 0.6 is 11.6 Å². The first-order chi connectivity index (χ1) is 22.2. The Labute approximate surface area is 272 Å². The molecule has 1 aliphatic heterocycles. The van der Waals surface area contributed by atoms with Gasteiger partial charge in [0.15, 0.2) is 17.7 Å². The Bertz CT molecular complexity index is 1610. The molecule has 4 rings (SSSR count). The molecular formula is C34H37ClN4O7. The van der Waals surface area contributed by atoms with E-state index in [2.05, 4.69) is 27.7 Å². The van der Waals surface area contributed by atoms with Crippen LogP contribution in [-0.2, 0) is 22.6 Å². The molecule has 0 aliphatic carbocycles. The molecule has 0 unspecified atom stereocenters. The van der Waals surface area contributed by atoms with Crippen LogP contribution in [0.3, 0.4) is 0 Å². The predicted molar refractivity (Wildman–Crippen MR) is 175 cm³/mol. The molecule has 0 saturated heterocycles. The molecule has 2 atom stereocenters. The van der Waals surface area contributed by atoms with E-state index < -0.39 is 24.3 Å². The maximum atomic E-state index is 12.5. The van der Waals surface area contributed by atoms with Gasteiger partial charge in [0.1, 0.15) is 19.0 Å². The molecule has 0 radical (unpaired) electrons. The number of esters is 1. The lowest BCUT2D eigenvalue weighted by atomic mass is 9.95. The number of amides is 2. The van der Waals surface area contributed by atoms with E-state index in [1.165, 1.54) is 7.11 Å². The van der Waals surface area contributed by atoms with Crippen LogP contribution in [0.2, 0.25) is 5.02 Å². The Morgan fingerprint density at radius 3 is 2.57 bits per heavy atom. The number of halogens is 1. The fourth-order valence-corrected chi connectivity index (χ4v) is 4.82. The van der Waals surface area contributed by atoms with Gasteiger partial charge in [0, 0.05) is 10.7 Å². The second kappa shape index (κ2) is 16.4. The topological polar surface area (TPSA) is 140 Å². The van der Waals surface area contributed by atoms with Crippen molar-refractivity contribution >= 4 is 29.8 Å². The highest BCUT2D eigenvalue weighted by atomic mass is 35.5. The van der Waals surface area contributed by atoms with Crippen LogP contribution < -0.4 is 30.3 Å². The number of allylic oxidation sites excluding steroid dienone is 2. The number of carbonyl (C=O) groups is 2. The number of aliphatic hydroxyl groups excluding tert-OH is 1. The molecule has 2 amide bonds. The van der Waals surface area contributed by atoms with E-state index in [0.717, 1.165) is 22.4 Å². The molecule has 0 fully saturated rings. The summed E-state index contributed by atoms with van der Waals surface area (Å²) in [5, 5.41) is 20.6. The fourth-order valence-electron chi connectivity index (χ4n) is 4.70. The number of rotatable bonds is 15. The smallest absolute Gasteiger partial charge is 0.337 e. The number of methoxy groups -OCH3 is 1. The Kier molecular flexibility index (Phi) is 12.0. The first kappa shape index (κ1) is 33.9. The monoisotopic (exact) mass is 648 g/mol. The van der Waals surface area contributed by atoms with Crippen molar-refractivity contribution in [2.75, 3.05) is 20.3 Å². The van der Waals surface area contributed by atoms with Crippen LogP contribution in [-0.4, -0.2) is 49.9 Å². The Morgan fingerprint density at radius 2 is 1.85 bits per heavy atom. The van der Waals surface area contributed by atoms with Crippen molar-refractivity contribution < 1.29 is 33.6 Å². The lowest BCUT2D eigenvalue weighted by Gasteiger charge is -2.28. The summed E-state index contributed by atoms with van der Waals surface area (Å²) in [7, 11) is 1.28. The number of hydrogen-bond acceptors (Lipinski definition) is 9. The highest BCUT2D eigenvalue weighted by Gasteiger charge is 2.32. The van der Waals surface area contributed by atoms with Crippen LogP contribution in [0.25, 0.3) is 0 Å². The number of nitrogens with zero attached hydrogens (tertiary/aromatic N) is 1. The molecule has 3 aromatic carbocycles. The highest BCUT2D eigenvalue weighted by Crippen LogP contribution is 2.35. The summed E-state index contributed by atoms with van der Waals surface area (Å²) in [6.07, 6.45) is 2.85. The second-order valence-corrected chi connectivity index (χ2v) is 10.6. The lowest BCUT2D eigenvalue weighted by molar-refractivity contribution is -0.136. The maximum absolute atomic E-state index is 12.5. The predicted octanol–water partition coefficient (Wildman–Crippen LogP) is 5.17. The third-order valence-electron chi connectivity index (χ3n) is 6.87. The number of benzene rings is 3. The number of hydrazone groups is 1. The van der Waals surface area contributed by atoms with Gasteiger partial charge in [-0.2, -0.15) is 5.10 Å². The van der Waals surface area contributed by atoms with Crippen molar-refractivity contribution in [3.8, 4) is 17.2 Å². The molecule has 12 heteroatoms. The van der Waals surface area contributed by atoms with Gasteiger partial charge in [-0.25, -0.2) is 9.59 Å². The standard InChI is InChI=1S/C34H37ClN4O7/c1-5-7-24-16-23(10-14-27(24)45-19-22-8-12-26(35)13-9-22)18-36-39-30(40)20-46-28-15-11-25(17-29(28)44-6-2)32-31(33(41)43-4)21(3)37-34(42)38-32/h5,8-18,30,32,39-40H,1,6-7,19-20H2,2-4H3,(H2,37,38,42)/b36-18-/t30-,32-/m1/s1. The van der Waals surface area contributed by atoms with Crippen LogP contribution in [0.15, 0.2) is 89.7 Å². The van der Waals surface area contributed by atoms with E-state index in [9.17, 15) is 14.7 Å². The summed E-state index contributed by atoms with van der Waals surface area (Å²) < 4.78 is 22.5. The zero-order valence-electron chi connectivity index (χ0n) is 25.8. The molecule has 11 nitrogen and oxygen atoms in total. The fraction of sp³-hybridized carbons (Fsp3) is 0.265. The van der Waals surface area contributed by atoms with Gasteiger partial charge < -0.3 is 34.7 Å². The molecule has 1 heterocycles. The molecule has 0 spiro atoms. The summed E-state index contributed by atoms with van der Waals surface area (Å²) in [5.41, 5.74) is 6.64. The second-order valence-electron chi connectivity index (χ2n) is 10.2. The Morgan fingerprint density at radius 1 is 1.09 bits per heavy atom. The van der Waals surface area contributed by atoms with Gasteiger partial charge in [-0.1, -0.05) is 35.9 Å². The number of urea groups is 1. The first-order valence-corrected chi connectivity index (χ1v) is 14.9. The Balaban J connectivity index is 1.37. The van der Waals surface area contributed by atoms with Crippen molar-refractivity contribution in [1.82, 2.24) is 16.1 Å². The van der Waals surface area contributed by atoms with Crippen LogP contribution in [0, 0.1) is 0 Å². The summed E-state index contributed by atoms with van der Waals surface area (Å²) in [6.45, 7) is 7.87. The molecule has 4 N–H and O–H groups in total. The summed E-state index contributed by atoms with van der Waals surface area (Å²) in [5.74, 6) is 0.899. The molecule has 0 aromatic heterocycles. The van der Waals surface area contributed by atoms with Gasteiger partial charge in [0.25, 0.3) is 0 Å². The minimum absolute atomic E-state index is 0.146. The number of nitrogens with one attached hydrogen (secondary N) is 3. The van der Waals surface area contributed by atoms with Crippen LogP contribution in [0.4, 0.5) is 4.79 Å². The Hall–Kier alpha value is -5.00. The van der Waals surface area contributed by atoms with Crippen LogP contribution in [0.1, 0.15) is 42.1 Å². The van der Waals surface area contributed by atoms with Gasteiger partial charge in [-0.15, -0.1) is 6.58 Å². The van der Waals surface area contributed by atoms with Crippen molar-refractivity contribution in [2.24, 2.45) is 5.10 Å². The van der Waals surface area contributed by atoms with Crippen molar-refractivity contribution in [3.63, 3.8) is 0 Å². The largest absolute Gasteiger partial charge is 0.490 e. The zero-order valence-corrected chi connectivity index (χ0v) is 26.6. The third kappa shape index (κ3) is 9.02. The average molecular weight is 649 g/mol. The number of carbonyl (C=O) groups excluding carboxylic acids is 2. The number of hydrogen-bond donors (Lipinski definition) is 4. The molecule has 3 aromatic rings.